The molecule has 0 radical (unpaired) electrons. The Hall–Kier alpha value is -2.33. The average Bonchev–Trinajstić information content (AvgIpc) is 2.54. The molecule has 2 N–H and O–H groups in total. The number of carbonyl (C=O) groups is 1. The molecular formula is C18H22N2O2. The average molecular weight is 298 g/mol. The van der Waals surface area contributed by atoms with Crippen LogP contribution in [-0.4, -0.2) is 24.1 Å². The molecule has 1 unspecified atom stereocenters. The molecule has 0 spiro atoms. The highest BCUT2D eigenvalue weighted by Crippen LogP contribution is 2.21. The first-order valence-corrected chi connectivity index (χ1v) is 7.36. The third-order valence-electron chi connectivity index (χ3n) is 3.66. The van der Waals surface area contributed by atoms with Crippen LogP contribution in [0.3, 0.4) is 0 Å². The summed E-state index contributed by atoms with van der Waals surface area (Å²) < 4.78 is 0. The van der Waals surface area contributed by atoms with Crippen LogP contribution in [0.1, 0.15) is 25.5 Å². The van der Waals surface area contributed by atoms with Crippen molar-refractivity contribution in [2.45, 2.75) is 26.0 Å². The predicted molar refractivity (Wildman–Crippen MR) is 90.0 cm³/mol. The van der Waals surface area contributed by atoms with Crippen LogP contribution in [0.5, 0.6) is 0 Å². The number of aliphatic hydroxyl groups excluding tert-OH is 1. The Labute approximate surface area is 131 Å². The molecular weight excluding hydrogens is 276 g/mol. The van der Waals surface area contributed by atoms with Gasteiger partial charge in [0.05, 0.1) is 0 Å². The Morgan fingerprint density at radius 2 is 1.77 bits per heavy atom. The Bertz CT molecular complexity index is 626. The fourth-order valence-corrected chi connectivity index (χ4v) is 2.10. The smallest absolute Gasteiger partial charge is 0.257 e. The Balaban J connectivity index is 2.10. The molecule has 0 heterocycles. The maximum atomic E-state index is 12.2. The molecule has 22 heavy (non-hydrogen) atoms. The van der Waals surface area contributed by atoms with Crippen molar-refractivity contribution >= 4 is 17.3 Å². The number of hydrogen-bond donors (Lipinski definition) is 2. The van der Waals surface area contributed by atoms with E-state index < -0.39 is 12.0 Å². The molecule has 0 fully saturated rings. The molecule has 4 nitrogen and oxygen atoms in total. The van der Waals surface area contributed by atoms with Crippen LogP contribution in [0.25, 0.3) is 0 Å². The standard InChI is InChI=1S/C18H22N2O2/c1-13(2)20(3)16-11-7-10-15(12-16)19-18(22)17(21)14-8-5-4-6-9-14/h4-13,17,21H,1-3H3,(H,19,22). The lowest BCUT2D eigenvalue weighted by atomic mass is 10.1. The largest absolute Gasteiger partial charge is 0.378 e. The van der Waals surface area contributed by atoms with Gasteiger partial charge in [-0.15, -0.1) is 0 Å². The van der Waals surface area contributed by atoms with Crippen molar-refractivity contribution in [1.29, 1.82) is 0 Å². The lowest BCUT2D eigenvalue weighted by Crippen LogP contribution is -2.26. The highest BCUT2D eigenvalue weighted by Gasteiger charge is 2.17. The van der Waals surface area contributed by atoms with E-state index in [0.717, 1.165) is 5.69 Å². The molecule has 0 bridgehead atoms. The second kappa shape index (κ2) is 7.09. The van der Waals surface area contributed by atoms with E-state index in [0.29, 0.717) is 17.3 Å². The zero-order valence-corrected chi connectivity index (χ0v) is 13.2. The Kier molecular flexibility index (Phi) is 5.17. The molecule has 116 valence electrons. The summed E-state index contributed by atoms with van der Waals surface area (Å²) in [6.07, 6.45) is -1.17. The zero-order chi connectivity index (χ0) is 16.1. The molecule has 2 aromatic rings. The van der Waals surface area contributed by atoms with Crippen molar-refractivity contribution in [3.63, 3.8) is 0 Å². The van der Waals surface area contributed by atoms with Crippen molar-refractivity contribution in [1.82, 2.24) is 0 Å². The van der Waals surface area contributed by atoms with E-state index in [1.165, 1.54) is 0 Å². The summed E-state index contributed by atoms with van der Waals surface area (Å²) in [6.45, 7) is 4.20. The maximum Gasteiger partial charge on any atom is 0.257 e. The Morgan fingerprint density at radius 1 is 1.09 bits per heavy atom. The first kappa shape index (κ1) is 16.0. The molecule has 0 aliphatic heterocycles. The van der Waals surface area contributed by atoms with Crippen LogP contribution >= 0.6 is 0 Å². The summed E-state index contributed by atoms with van der Waals surface area (Å²) in [5.41, 5.74) is 2.27. The molecule has 0 aliphatic carbocycles. The summed E-state index contributed by atoms with van der Waals surface area (Å²) >= 11 is 0. The quantitative estimate of drug-likeness (QED) is 0.891. The monoisotopic (exact) mass is 298 g/mol. The number of nitrogens with one attached hydrogen (secondary N) is 1. The van der Waals surface area contributed by atoms with Crippen molar-refractivity contribution < 1.29 is 9.90 Å². The van der Waals surface area contributed by atoms with Gasteiger partial charge in [0.25, 0.3) is 5.91 Å². The number of benzene rings is 2. The van der Waals surface area contributed by atoms with Crippen LogP contribution < -0.4 is 10.2 Å². The minimum absolute atomic E-state index is 0.362. The van der Waals surface area contributed by atoms with Gasteiger partial charge in [-0.25, -0.2) is 0 Å². The van der Waals surface area contributed by atoms with Gasteiger partial charge in [-0.1, -0.05) is 36.4 Å². The first-order valence-electron chi connectivity index (χ1n) is 7.36. The molecule has 0 aliphatic rings. The predicted octanol–water partition coefficient (Wildman–Crippen LogP) is 3.20. The number of aliphatic hydroxyl groups is 1. The van der Waals surface area contributed by atoms with Gasteiger partial charge in [0, 0.05) is 24.5 Å². The zero-order valence-electron chi connectivity index (χ0n) is 13.2. The fraction of sp³-hybridized carbons (Fsp3) is 0.278. The highest BCUT2D eigenvalue weighted by molar-refractivity contribution is 5.95. The number of nitrogens with zero attached hydrogens (tertiary/aromatic N) is 1. The van der Waals surface area contributed by atoms with Crippen LogP contribution in [0, 0.1) is 0 Å². The van der Waals surface area contributed by atoms with E-state index in [9.17, 15) is 9.90 Å². The lowest BCUT2D eigenvalue weighted by molar-refractivity contribution is -0.124. The second-order valence-electron chi connectivity index (χ2n) is 5.56. The van der Waals surface area contributed by atoms with E-state index in [4.69, 9.17) is 0 Å². The van der Waals surface area contributed by atoms with Gasteiger partial charge < -0.3 is 15.3 Å². The molecule has 1 amide bonds. The van der Waals surface area contributed by atoms with Crippen molar-refractivity contribution in [3.05, 3.63) is 60.2 Å². The molecule has 1 atom stereocenters. The van der Waals surface area contributed by atoms with Gasteiger partial charge in [-0.3, -0.25) is 4.79 Å². The van der Waals surface area contributed by atoms with Crippen LogP contribution in [0.4, 0.5) is 11.4 Å². The van der Waals surface area contributed by atoms with E-state index in [1.54, 1.807) is 24.3 Å². The Morgan fingerprint density at radius 3 is 2.41 bits per heavy atom. The van der Waals surface area contributed by atoms with Gasteiger partial charge in [-0.05, 0) is 37.6 Å². The van der Waals surface area contributed by atoms with Crippen LogP contribution in [0.15, 0.2) is 54.6 Å². The third kappa shape index (κ3) is 3.86. The van der Waals surface area contributed by atoms with Gasteiger partial charge in [0.1, 0.15) is 0 Å². The van der Waals surface area contributed by atoms with Crippen molar-refractivity contribution in [2.75, 3.05) is 17.3 Å². The van der Waals surface area contributed by atoms with E-state index >= 15 is 0 Å². The SMILES string of the molecule is CC(C)N(C)c1cccc(NC(=O)C(O)c2ccccc2)c1. The number of anilines is 2. The highest BCUT2D eigenvalue weighted by atomic mass is 16.3. The van der Waals surface area contributed by atoms with E-state index in [1.807, 2.05) is 37.4 Å². The number of amides is 1. The molecule has 2 aromatic carbocycles. The summed E-state index contributed by atoms with van der Waals surface area (Å²) in [4.78, 5) is 14.3. The van der Waals surface area contributed by atoms with Crippen molar-refractivity contribution in [3.8, 4) is 0 Å². The topological polar surface area (TPSA) is 52.6 Å². The van der Waals surface area contributed by atoms with Crippen molar-refractivity contribution in [2.24, 2.45) is 0 Å². The van der Waals surface area contributed by atoms with Gasteiger partial charge in [-0.2, -0.15) is 0 Å². The fourth-order valence-electron chi connectivity index (χ4n) is 2.10. The summed E-state index contributed by atoms with van der Waals surface area (Å²) in [5.74, 6) is -0.435. The third-order valence-corrected chi connectivity index (χ3v) is 3.66. The maximum absolute atomic E-state index is 12.2. The molecule has 2 rings (SSSR count). The van der Waals surface area contributed by atoms with Gasteiger partial charge in [0.2, 0.25) is 0 Å². The van der Waals surface area contributed by atoms with E-state index in [-0.39, 0.29) is 0 Å². The molecule has 0 aromatic heterocycles. The lowest BCUT2D eigenvalue weighted by Gasteiger charge is -2.24. The van der Waals surface area contributed by atoms with Gasteiger partial charge >= 0.3 is 0 Å². The minimum Gasteiger partial charge on any atom is -0.378 e. The van der Waals surface area contributed by atoms with Crippen LogP contribution in [-0.2, 0) is 4.79 Å². The normalized spacial score (nSPS) is 12.0. The summed E-state index contributed by atoms with van der Waals surface area (Å²) in [6, 6.07) is 16.8. The number of rotatable bonds is 5. The van der Waals surface area contributed by atoms with E-state index in [2.05, 4.69) is 24.1 Å². The second-order valence-corrected chi connectivity index (χ2v) is 5.56. The molecule has 0 saturated carbocycles. The summed E-state index contributed by atoms with van der Waals surface area (Å²) in [5, 5.41) is 12.9. The molecule has 4 heteroatoms. The number of hydrogen-bond acceptors (Lipinski definition) is 3. The van der Waals surface area contributed by atoms with Crippen LogP contribution in [0.2, 0.25) is 0 Å². The van der Waals surface area contributed by atoms with Gasteiger partial charge in [0.15, 0.2) is 6.10 Å². The first-order chi connectivity index (χ1) is 10.5. The molecule has 0 saturated heterocycles. The minimum atomic E-state index is -1.17. The summed E-state index contributed by atoms with van der Waals surface area (Å²) in [7, 11) is 2.00. The number of carbonyl (C=O) groups excluding carboxylic acids is 1.